The number of imidazole rings is 1. The van der Waals surface area contributed by atoms with Crippen LogP contribution in [0.2, 0.25) is 5.02 Å². The van der Waals surface area contributed by atoms with E-state index in [-0.39, 0.29) is 22.6 Å². The first-order chi connectivity index (χ1) is 19.5. The average molecular weight is 599 g/mol. The molecular weight excluding hydrogens is 576 g/mol. The smallest absolute Gasteiger partial charge is 0.340 e. The molecule has 2 aromatic heterocycles. The van der Waals surface area contributed by atoms with Crippen LogP contribution in [0.3, 0.4) is 0 Å². The van der Waals surface area contributed by atoms with Crippen molar-refractivity contribution in [3.05, 3.63) is 94.1 Å². The van der Waals surface area contributed by atoms with E-state index in [0.717, 1.165) is 17.2 Å². The van der Waals surface area contributed by atoms with Crippen molar-refractivity contribution in [2.24, 2.45) is 0 Å². The third-order valence-electron chi connectivity index (χ3n) is 7.58. The van der Waals surface area contributed by atoms with Crippen LogP contribution in [0.25, 0.3) is 32.0 Å². The molecular formula is C30H23ClF4N4OS. The molecule has 1 amide bonds. The predicted octanol–water partition coefficient (Wildman–Crippen LogP) is 8.62. The van der Waals surface area contributed by atoms with Crippen LogP contribution in [-0.4, -0.2) is 32.3 Å². The molecule has 0 bridgehead atoms. The summed E-state index contributed by atoms with van der Waals surface area (Å²) < 4.78 is 54.2. The quantitative estimate of drug-likeness (QED) is 0.211. The number of thiazole rings is 1. The van der Waals surface area contributed by atoms with Gasteiger partial charge >= 0.3 is 6.18 Å². The molecule has 6 rings (SSSR count). The monoisotopic (exact) mass is 598 g/mol. The molecule has 0 aliphatic carbocycles. The summed E-state index contributed by atoms with van der Waals surface area (Å²) in [6, 6.07) is 15.8. The zero-order chi connectivity index (χ0) is 29.1. The van der Waals surface area contributed by atoms with Crippen LogP contribution in [0.5, 0.6) is 0 Å². The zero-order valence-corrected chi connectivity index (χ0v) is 23.5. The fraction of sp³-hybridized carbons (Fsp3) is 0.233. The van der Waals surface area contributed by atoms with Crippen LogP contribution >= 0.6 is 22.9 Å². The minimum atomic E-state index is -4.62. The van der Waals surface area contributed by atoms with Crippen molar-refractivity contribution in [1.29, 1.82) is 0 Å². The lowest BCUT2D eigenvalue weighted by atomic mass is 9.97. The maximum atomic E-state index is 14.3. The van der Waals surface area contributed by atoms with Gasteiger partial charge < -0.3 is 9.88 Å². The summed E-state index contributed by atoms with van der Waals surface area (Å²) in [6.45, 7) is 4.21. The number of rotatable bonds is 4. The Balaban J connectivity index is 1.44. The van der Waals surface area contributed by atoms with Crippen molar-refractivity contribution in [2.45, 2.75) is 38.4 Å². The van der Waals surface area contributed by atoms with Crippen LogP contribution in [0.1, 0.15) is 47.2 Å². The van der Waals surface area contributed by atoms with Gasteiger partial charge in [-0.15, -0.1) is 11.3 Å². The highest BCUT2D eigenvalue weighted by molar-refractivity contribution is 7.18. The summed E-state index contributed by atoms with van der Waals surface area (Å²) in [7, 11) is 0. The lowest BCUT2D eigenvalue weighted by Gasteiger charge is -2.33. The van der Waals surface area contributed by atoms with Gasteiger partial charge in [-0.05, 0) is 62.1 Å². The van der Waals surface area contributed by atoms with Crippen LogP contribution in [0.4, 0.5) is 17.6 Å². The first-order valence-corrected chi connectivity index (χ1v) is 14.1. The molecule has 1 saturated heterocycles. The van der Waals surface area contributed by atoms with Crippen LogP contribution < -0.4 is 0 Å². The second-order valence-corrected chi connectivity index (χ2v) is 11.7. The fourth-order valence-corrected chi connectivity index (χ4v) is 6.77. The Morgan fingerprint density at radius 2 is 1.83 bits per heavy atom. The molecule has 1 aliphatic rings. The van der Waals surface area contributed by atoms with Crippen molar-refractivity contribution in [2.75, 3.05) is 6.54 Å². The molecule has 1 fully saturated rings. The second kappa shape index (κ2) is 9.95. The Hall–Kier alpha value is -3.76. The van der Waals surface area contributed by atoms with Gasteiger partial charge in [0.2, 0.25) is 0 Å². The molecule has 1 unspecified atom stereocenters. The summed E-state index contributed by atoms with van der Waals surface area (Å²) in [5.41, 5.74) is 1.34. The third kappa shape index (κ3) is 4.78. The summed E-state index contributed by atoms with van der Waals surface area (Å²) in [4.78, 5) is 28.9. The molecule has 1 atom stereocenters. The van der Waals surface area contributed by atoms with E-state index in [4.69, 9.17) is 16.6 Å². The van der Waals surface area contributed by atoms with E-state index < -0.39 is 28.1 Å². The molecule has 3 aromatic carbocycles. The van der Waals surface area contributed by atoms with E-state index in [1.807, 2.05) is 38.1 Å². The molecule has 5 aromatic rings. The van der Waals surface area contributed by atoms with Crippen LogP contribution in [0, 0.1) is 12.7 Å². The molecule has 3 heterocycles. The lowest BCUT2D eigenvalue weighted by molar-refractivity contribution is -0.137. The number of carbonyl (C=O) groups excluding carboxylic acids is 1. The minimum Gasteiger partial charge on any atom is -0.340 e. The van der Waals surface area contributed by atoms with Crippen molar-refractivity contribution in [1.82, 2.24) is 19.9 Å². The molecule has 41 heavy (non-hydrogen) atoms. The number of amides is 1. The van der Waals surface area contributed by atoms with E-state index >= 15 is 0 Å². The number of aromatic amines is 1. The van der Waals surface area contributed by atoms with E-state index in [1.165, 1.54) is 29.5 Å². The predicted molar refractivity (Wildman–Crippen MR) is 151 cm³/mol. The first kappa shape index (κ1) is 27.4. The van der Waals surface area contributed by atoms with Gasteiger partial charge in [-0.2, -0.15) is 13.2 Å². The van der Waals surface area contributed by atoms with Gasteiger partial charge in [0.25, 0.3) is 5.91 Å². The molecule has 0 spiro atoms. The van der Waals surface area contributed by atoms with Crippen LogP contribution in [-0.2, 0) is 11.7 Å². The van der Waals surface area contributed by atoms with Crippen molar-refractivity contribution >= 4 is 39.9 Å². The van der Waals surface area contributed by atoms with Gasteiger partial charge in [0.1, 0.15) is 22.3 Å². The van der Waals surface area contributed by atoms with Crippen molar-refractivity contribution in [3.63, 3.8) is 0 Å². The van der Waals surface area contributed by atoms with Gasteiger partial charge in [-0.3, -0.25) is 4.79 Å². The van der Waals surface area contributed by atoms with Crippen molar-refractivity contribution < 1.29 is 22.4 Å². The summed E-state index contributed by atoms with van der Waals surface area (Å²) in [5.74, 6) is -0.364. The number of H-pyrrole nitrogens is 1. The Morgan fingerprint density at radius 3 is 2.54 bits per heavy atom. The SMILES string of the molecule is Cc1ccccc1-c1nc(C(=O)N2CCCC2(C)c2nc3cc(Cl)c(C(F)(F)F)cc3[nH]2)c(-c2ccc(F)cc2)s1. The number of alkyl halides is 3. The van der Waals surface area contributed by atoms with Gasteiger partial charge in [-0.1, -0.05) is 48.0 Å². The van der Waals surface area contributed by atoms with Gasteiger partial charge in [0.15, 0.2) is 0 Å². The largest absolute Gasteiger partial charge is 0.417 e. The number of aryl methyl sites for hydroxylation is 1. The summed E-state index contributed by atoms with van der Waals surface area (Å²) in [5, 5.41) is 0.215. The molecule has 11 heteroatoms. The Kier molecular flexibility index (Phi) is 6.66. The number of hydrogen-bond donors (Lipinski definition) is 1. The number of hydrogen-bond acceptors (Lipinski definition) is 4. The molecule has 210 valence electrons. The van der Waals surface area contributed by atoms with E-state index in [0.29, 0.717) is 40.7 Å². The van der Waals surface area contributed by atoms with Gasteiger partial charge in [0, 0.05) is 12.1 Å². The fourth-order valence-electron chi connectivity index (χ4n) is 5.36. The number of nitrogens with one attached hydrogen (secondary N) is 1. The molecule has 1 N–H and O–H groups in total. The number of nitrogens with zero attached hydrogens (tertiary/aromatic N) is 3. The Morgan fingerprint density at radius 1 is 1.10 bits per heavy atom. The number of likely N-dealkylation sites (tertiary alicyclic amines) is 1. The average Bonchev–Trinajstić information content (AvgIpc) is 3.65. The number of halogens is 5. The highest BCUT2D eigenvalue weighted by atomic mass is 35.5. The zero-order valence-electron chi connectivity index (χ0n) is 21.9. The van der Waals surface area contributed by atoms with Crippen molar-refractivity contribution in [3.8, 4) is 21.0 Å². The molecule has 0 saturated carbocycles. The van der Waals surface area contributed by atoms with Gasteiger partial charge in [0.05, 0.1) is 32.0 Å². The third-order valence-corrected chi connectivity index (χ3v) is 9.03. The maximum absolute atomic E-state index is 14.3. The summed E-state index contributed by atoms with van der Waals surface area (Å²) in [6.07, 6.45) is -3.42. The first-order valence-electron chi connectivity index (χ1n) is 12.9. The van der Waals surface area contributed by atoms with Crippen LogP contribution in [0.15, 0.2) is 60.7 Å². The topological polar surface area (TPSA) is 61.9 Å². The highest BCUT2D eigenvalue weighted by Gasteiger charge is 2.45. The van der Waals surface area contributed by atoms with E-state index in [2.05, 4.69) is 9.97 Å². The highest BCUT2D eigenvalue weighted by Crippen LogP contribution is 2.43. The minimum absolute atomic E-state index is 0.180. The molecule has 5 nitrogen and oxygen atoms in total. The number of carbonyl (C=O) groups is 1. The normalized spacial score (nSPS) is 17.5. The number of fused-ring (bicyclic) bond motifs is 1. The standard InChI is InChI=1S/C30H23ClF4N4OS/c1-16-6-3-4-7-19(16)26-38-24(25(41-26)17-8-10-18(32)11-9-17)27(40)39-13-5-12-29(39,2)28-36-22-14-20(30(33,34)35)21(31)15-23(22)37-28/h3-4,6-11,14-15H,5,12-13H2,1-2H3,(H,36,37). The second-order valence-electron chi connectivity index (χ2n) is 10.3. The Bertz CT molecular complexity index is 1800. The lowest BCUT2D eigenvalue weighted by Crippen LogP contribution is -2.44. The van der Waals surface area contributed by atoms with E-state index in [9.17, 15) is 22.4 Å². The number of aromatic nitrogens is 3. The van der Waals surface area contributed by atoms with Gasteiger partial charge in [-0.25, -0.2) is 14.4 Å². The Labute approximate surface area is 241 Å². The molecule has 0 radical (unpaired) electrons. The van der Waals surface area contributed by atoms with E-state index in [1.54, 1.807) is 17.0 Å². The maximum Gasteiger partial charge on any atom is 0.417 e. The molecule has 1 aliphatic heterocycles. The number of benzene rings is 3. The summed E-state index contributed by atoms with van der Waals surface area (Å²) >= 11 is 7.28.